The van der Waals surface area contributed by atoms with Gasteiger partial charge in [-0.25, -0.2) is 9.13 Å². The Labute approximate surface area is 667 Å². The largest absolute Gasteiger partial charge is 0.472 e. The van der Waals surface area contributed by atoms with Gasteiger partial charge in [-0.05, 0) is 154 Å². The summed E-state index contributed by atoms with van der Waals surface area (Å²) in [6.07, 6.45) is 97.5. The lowest BCUT2D eigenvalue weighted by Crippen LogP contribution is -2.30. The van der Waals surface area contributed by atoms with Gasteiger partial charge in [0.25, 0.3) is 0 Å². The van der Waals surface area contributed by atoms with E-state index in [1.807, 2.05) is 12.2 Å². The normalized spacial score (nSPS) is 14.6. The first kappa shape index (κ1) is 104. The zero-order valence-corrected chi connectivity index (χ0v) is 70.4. The maximum Gasteiger partial charge on any atom is 0.472 e. The second-order valence-electron chi connectivity index (χ2n) is 27.7. The molecule has 0 saturated carbocycles. The van der Waals surface area contributed by atoms with Crippen LogP contribution in [0.1, 0.15) is 323 Å². The zero-order valence-electron chi connectivity index (χ0n) is 68.6. The number of phosphoric ester groups is 2. The number of aliphatic hydroxyl groups is 1. The van der Waals surface area contributed by atoms with Crippen molar-refractivity contribution in [2.75, 3.05) is 39.6 Å². The number of rotatable bonds is 78. The Balaban J connectivity index is 5.49. The van der Waals surface area contributed by atoms with Gasteiger partial charge in [0.15, 0.2) is 12.2 Å². The molecule has 0 aromatic heterocycles. The topological polar surface area (TPSA) is 237 Å². The number of phosphoric acid groups is 2. The summed E-state index contributed by atoms with van der Waals surface area (Å²) in [6.45, 7) is 4.50. The van der Waals surface area contributed by atoms with Crippen molar-refractivity contribution < 1.29 is 80.2 Å². The van der Waals surface area contributed by atoms with Gasteiger partial charge in [-0.1, -0.05) is 313 Å². The summed E-state index contributed by atoms with van der Waals surface area (Å²) in [5, 5.41) is 10.7. The fourth-order valence-corrected chi connectivity index (χ4v) is 12.4. The van der Waals surface area contributed by atoms with E-state index >= 15 is 0 Å². The van der Waals surface area contributed by atoms with E-state index in [2.05, 4.69) is 186 Å². The van der Waals surface area contributed by atoms with E-state index in [0.717, 1.165) is 154 Å². The molecule has 0 bridgehead atoms. The molecule has 0 aromatic carbocycles. The molecule has 19 heteroatoms. The smallest absolute Gasteiger partial charge is 0.462 e. The van der Waals surface area contributed by atoms with Crippen LogP contribution in [0.25, 0.3) is 0 Å². The van der Waals surface area contributed by atoms with Gasteiger partial charge >= 0.3 is 39.5 Å². The fourth-order valence-electron chi connectivity index (χ4n) is 10.8. The van der Waals surface area contributed by atoms with Crippen LogP contribution >= 0.6 is 15.6 Å². The van der Waals surface area contributed by atoms with Crippen molar-refractivity contribution in [2.45, 2.75) is 341 Å². The Morgan fingerprint density at radius 1 is 0.264 bits per heavy atom. The fraction of sp³-hybridized carbons (Fsp3) is 0.648. The summed E-state index contributed by atoms with van der Waals surface area (Å²) in [5.74, 6) is -2.32. The number of allylic oxidation sites excluding steroid dienone is 28. The molecule has 0 rings (SSSR count). The first-order valence-corrected chi connectivity index (χ1v) is 45.4. The molecule has 3 N–H and O–H groups in total. The van der Waals surface area contributed by atoms with Gasteiger partial charge in [0.2, 0.25) is 0 Å². The summed E-state index contributed by atoms with van der Waals surface area (Å²) in [7, 11) is -10.0. The average Bonchev–Trinajstić information content (AvgIpc) is 0.906. The van der Waals surface area contributed by atoms with E-state index < -0.39 is 97.5 Å². The van der Waals surface area contributed by atoms with E-state index in [1.165, 1.54) is 83.5 Å². The Bertz CT molecular complexity index is 2750. The van der Waals surface area contributed by atoms with Crippen LogP contribution in [0.3, 0.4) is 0 Å². The van der Waals surface area contributed by atoms with Crippen LogP contribution in [-0.2, 0) is 65.4 Å². The van der Waals surface area contributed by atoms with Gasteiger partial charge in [-0.3, -0.25) is 37.3 Å². The summed E-state index contributed by atoms with van der Waals surface area (Å²) in [5.41, 5.74) is 0. The first-order valence-electron chi connectivity index (χ1n) is 42.4. The third-order valence-corrected chi connectivity index (χ3v) is 19.1. The van der Waals surface area contributed by atoms with Crippen LogP contribution in [0.2, 0.25) is 0 Å². The van der Waals surface area contributed by atoms with Gasteiger partial charge in [0.1, 0.15) is 19.3 Å². The molecule has 0 amide bonds. The Morgan fingerprint density at radius 2 is 0.482 bits per heavy atom. The Kier molecular flexibility index (Phi) is 77.3. The third-order valence-electron chi connectivity index (χ3n) is 17.2. The molecular formula is C91H150O17P2. The minimum Gasteiger partial charge on any atom is -0.462 e. The monoisotopic (exact) mass is 1580 g/mol. The third kappa shape index (κ3) is 80.5. The summed E-state index contributed by atoms with van der Waals surface area (Å²) < 4.78 is 68.7. The molecule has 0 aliphatic rings. The van der Waals surface area contributed by atoms with E-state index in [9.17, 15) is 43.2 Å². The summed E-state index contributed by atoms with van der Waals surface area (Å²) in [6, 6.07) is 0. The molecule has 0 heterocycles. The van der Waals surface area contributed by atoms with Gasteiger partial charge in [0, 0.05) is 25.7 Å². The highest BCUT2D eigenvalue weighted by molar-refractivity contribution is 7.47. The lowest BCUT2D eigenvalue weighted by atomic mass is 10.0. The van der Waals surface area contributed by atoms with Crippen molar-refractivity contribution in [3.63, 3.8) is 0 Å². The van der Waals surface area contributed by atoms with Gasteiger partial charge in [-0.2, -0.15) is 0 Å². The van der Waals surface area contributed by atoms with Crippen molar-refractivity contribution in [1.29, 1.82) is 0 Å². The predicted molar refractivity (Wildman–Crippen MR) is 454 cm³/mol. The van der Waals surface area contributed by atoms with Crippen molar-refractivity contribution in [3.8, 4) is 0 Å². The van der Waals surface area contributed by atoms with Gasteiger partial charge in [-0.15, -0.1) is 0 Å². The van der Waals surface area contributed by atoms with Crippen molar-refractivity contribution >= 4 is 39.5 Å². The standard InChI is InChI=1S/C91H150O17P2/c1-5-9-13-17-21-25-29-33-37-40-42-45-48-51-55-59-63-67-71-75-88(93)101-81-86(107-90(95)77-73-69-65-61-57-53-47-36-32-28-24-20-16-12-8-4)83-105-109(97,98)103-79-85(92)80-104-110(99,100)106-84-87(108-91(96)78-74-70-66-62-58-54-50-44-39-35-31-27-23-19-15-11-7-3)82-102-89(94)76-72-68-64-60-56-52-49-46-43-41-38-34-30-26-22-18-14-10-6-2/h9-10,13-14,21-23,25-27,33-35,37-39,42-43,45-46,50-52,54-56,62,66,85-87,92H,5-8,11-12,15-20,24,28-32,36,40-41,44,47-49,53,57-61,63-65,67-84H2,1-4H3,(H,97,98)(H,99,100)/b13-9-,14-10-,25-21-,26-22-,27-23-,37-33-,38-34-,39-35-,45-42-,46-43-,54-50-,55-51-,56-52-,66-62-/t85-,86+,87+/m0/s1. The minimum atomic E-state index is -5.01. The molecule has 0 aliphatic heterocycles. The number of esters is 4. The minimum absolute atomic E-state index is 0.00538. The molecule has 110 heavy (non-hydrogen) atoms. The van der Waals surface area contributed by atoms with Crippen molar-refractivity contribution in [3.05, 3.63) is 170 Å². The predicted octanol–water partition coefficient (Wildman–Crippen LogP) is 25.3. The molecule has 17 nitrogen and oxygen atoms in total. The summed E-state index contributed by atoms with van der Waals surface area (Å²) in [4.78, 5) is 73.2. The highest BCUT2D eigenvalue weighted by Crippen LogP contribution is 2.45. The van der Waals surface area contributed by atoms with E-state index in [0.29, 0.717) is 32.1 Å². The molecule has 0 fully saturated rings. The maximum absolute atomic E-state index is 13.1. The second kappa shape index (κ2) is 81.4. The second-order valence-corrected chi connectivity index (χ2v) is 30.6. The lowest BCUT2D eigenvalue weighted by Gasteiger charge is -2.21. The molecular weight excluding hydrogens is 1430 g/mol. The maximum atomic E-state index is 13.1. The van der Waals surface area contributed by atoms with Gasteiger partial charge in [0.05, 0.1) is 26.4 Å². The Hall–Kier alpha value is -5.58. The number of carbonyl (C=O) groups excluding carboxylic acids is 4. The molecule has 0 radical (unpaired) electrons. The molecule has 626 valence electrons. The van der Waals surface area contributed by atoms with Gasteiger partial charge < -0.3 is 33.8 Å². The molecule has 0 aliphatic carbocycles. The number of carbonyl (C=O) groups is 4. The molecule has 0 spiro atoms. The lowest BCUT2D eigenvalue weighted by molar-refractivity contribution is -0.161. The number of hydrogen-bond acceptors (Lipinski definition) is 15. The number of aliphatic hydroxyl groups excluding tert-OH is 1. The zero-order chi connectivity index (χ0) is 80.3. The van der Waals surface area contributed by atoms with Crippen LogP contribution in [-0.4, -0.2) is 96.7 Å². The SMILES string of the molecule is CC/C=C\C/C=C\C/C=C\C/C=C\C/C=C\CCCCCC(=O)OC[C@H](COP(=O)(O)OC[C@@H](O)COP(=O)(O)OC[C@@H](COC(=O)CCCCC/C=C\C/C=C\C/C=C\C/C=C\C/C=C\CC)OC(=O)CCCCCCCCCCCCCCCCC)OC(=O)CCC/C=C\C/C=C\C/C=C\C/C=C\CCCCC. The molecule has 2 unspecified atom stereocenters. The highest BCUT2D eigenvalue weighted by atomic mass is 31.2. The molecule has 0 aromatic rings. The number of hydrogen-bond donors (Lipinski definition) is 3. The first-order chi connectivity index (χ1) is 53.7. The summed E-state index contributed by atoms with van der Waals surface area (Å²) >= 11 is 0. The Morgan fingerprint density at radius 3 is 0.782 bits per heavy atom. The quantitative estimate of drug-likeness (QED) is 0.0169. The van der Waals surface area contributed by atoms with E-state index in [4.69, 9.17) is 37.0 Å². The van der Waals surface area contributed by atoms with Crippen LogP contribution in [0.4, 0.5) is 0 Å². The van der Waals surface area contributed by atoms with Crippen LogP contribution < -0.4 is 0 Å². The number of ether oxygens (including phenoxy) is 4. The highest BCUT2D eigenvalue weighted by Gasteiger charge is 2.30. The van der Waals surface area contributed by atoms with Crippen molar-refractivity contribution in [2.24, 2.45) is 0 Å². The molecule has 0 saturated heterocycles. The van der Waals surface area contributed by atoms with Crippen LogP contribution in [0.5, 0.6) is 0 Å². The van der Waals surface area contributed by atoms with Crippen molar-refractivity contribution in [1.82, 2.24) is 0 Å². The van der Waals surface area contributed by atoms with Crippen LogP contribution in [0, 0.1) is 0 Å². The molecule has 5 atom stereocenters. The van der Waals surface area contributed by atoms with Crippen LogP contribution in [0.15, 0.2) is 170 Å². The number of unbranched alkanes of at least 4 members (excludes halogenated alkanes) is 24. The average molecular weight is 1580 g/mol. The van der Waals surface area contributed by atoms with E-state index in [-0.39, 0.29) is 25.7 Å². The van der Waals surface area contributed by atoms with E-state index in [1.54, 1.807) is 0 Å².